The van der Waals surface area contributed by atoms with E-state index in [2.05, 4.69) is 10.3 Å². The third-order valence-corrected chi connectivity index (χ3v) is 7.01. The van der Waals surface area contributed by atoms with E-state index in [0.29, 0.717) is 49.5 Å². The van der Waals surface area contributed by atoms with Crippen LogP contribution in [0.3, 0.4) is 0 Å². The molecule has 9 heteroatoms. The summed E-state index contributed by atoms with van der Waals surface area (Å²) in [5.74, 6) is -0.153. The third kappa shape index (κ3) is 3.35. The summed E-state index contributed by atoms with van der Waals surface area (Å²) in [4.78, 5) is 25.2. The van der Waals surface area contributed by atoms with Crippen molar-refractivity contribution in [1.82, 2.24) is 14.6 Å². The molecule has 1 amide bonds. The van der Waals surface area contributed by atoms with Crippen molar-refractivity contribution in [2.45, 2.75) is 30.9 Å². The van der Waals surface area contributed by atoms with Gasteiger partial charge in [0.05, 0.1) is 0 Å². The highest BCUT2D eigenvalue weighted by atomic mass is 32.2. The number of aromatic amines is 1. The van der Waals surface area contributed by atoms with Gasteiger partial charge in [0.25, 0.3) is 10.0 Å². The summed E-state index contributed by atoms with van der Waals surface area (Å²) in [6.07, 6.45) is 1.01. The fourth-order valence-electron chi connectivity index (χ4n) is 2.43. The number of amides is 1. The summed E-state index contributed by atoms with van der Waals surface area (Å²) in [6.45, 7) is 4.61. The van der Waals surface area contributed by atoms with Crippen molar-refractivity contribution in [1.29, 1.82) is 0 Å². The summed E-state index contributed by atoms with van der Waals surface area (Å²) in [7, 11) is -3.64. The summed E-state index contributed by atoms with van der Waals surface area (Å²) in [6, 6.07) is 0. The molecule has 0 unspecified atom stereocenters. The maximum absolute atomic E-state index is 12.5. The zero-order chi connectivity index (χ0) is 15.6. The second-order valence-corrected chi connectivity index (χ2v) is 8.12. The molecular formula is C12H19N3O4S2. The smallest absolute Gasteiger partial charge is 0.305 e. The van der Waals surface area contributed by atoms with Crippen LogP contribution in [0.2, 0.25) is 0 Å². The fourth-order valence-corrected chi connectivity index (χ4v) is 5.34. The molecule has 2 N–H and O–H groups in total. The van der Waals surface area contributed by atoms with Gasteiger partial charge in [-0.1, -0.05) is 11.3 Å². The molecule has 0 aliphatic carbocycles. The van der Waals surface area contributed by atoms with E-state index < -0.39 is 10.0 Å². The van der Waals surface area contributed by atoms with Crippen LogP contribution in [-0.2, 0) is 14.8 Å². The minimum atomic E-state index is -3.64. The Morgan fingerprint density at radius 3 is 2.52 bits per heavy atom. The highest BCUT2D eigenvalue weighted by Crippen LogP contribution is 2.26. The normalized spacial score (nSPS) is 17.8. The first-order valence-electron chi connectivity index (χ1n) is 6.83. The van der Waals surface area contributed by atoms with Crippen LogP contribution in [0, 0.1) is 12.8 Å². The molecule has 0 radical (unpaired) electrons. The average molecular weight is 333 g/mol. The van der Waals surface area contributed by atoms with E-state index in [9.17, 15) is 18.0 Å². The van der Waals surface area contributed by atoms with Gasteiger partial charge in [-0.3, -0.25) is 9.59 Å². The minimum Gasteiger partial charge on any atom is -0.356 e. The lowest BCUT2D eigenvalue weighted by atomic mass is 9.97. The molecular weight excluding hydrogens is 314 g/mol. The predicted molar refractivity (Wildman–Crippen MR) is 79.8 cm³/mol. The van der Waals surface area contributed by atoms with Crippen molar-refractivity contribution in [3.05, 3.63) is 15.4 Å². The largest absolute Gasteiger partial charge is 0.356 e. The lowest BCUT2D eigenvalue weighted by molar-refractivity contribution is -0.126. The molecule has 1 fully saturated rings. The van der Waals surface area contributed by atoms with Gasteiger partial charge < -0.3 is 10.3 Å². The lowest BCUT2D eigenvalue weighted by Crippen LogP contribution is -2.42. The Morgan fingerprint density at radius 1 is 1.43 bits per heavy atom. The molecule has 0 atom stereocenters. The van der Waals surface area contributed by atoms with Crippen LogP contribution in [0.4, 0.5) is 0 Å². The fraction of sp³-hybridized carbons (Fsp3) is 0.667. The molecule has 2 rings (SSSR count). The monoisotopic (exact) mass is 333 g/mol. The molecule has 2 heterocycles. The van der Waals surface area contributed by atoms with Crippen LogP contribution in [0.25, 0.3) is 0 Å². The second kappa shape index (κ2) is 6.29. The Kier molecular flexibility index (Phi) is 4.84. The molecule has 0 bridgehead atoms. The van der Waals surface area contributed by atoms with Crippen LogP contribution in [0.15, 0.2) is 9.00 Å². The Labute approximate surface area is 127 Å². The topological polar surface area (TPSA) is 99.3 Å². The van der Waals surface area contributed by atoms with Gasteiger partial charge in [-0.05, 0) is 26.7 Å². The molecule has 1 saturated heterocycles. The lowest BCUT2D eigenvalue weighted by Gasteiger charge is -2.30. The number of rotatable bonds is 4. The number of hydrogen-bond acceptors (Lipinski definition) is 5. The van der Waals surface area contributed by atoms with Crippen LogP contribution in [0.5, 0.6) is 0 Å². The molecule has 118 valence electrons. The highest BCUT2D eigenvalue weighted by molar-refractivity contribution is 7.91. The summed E-state index contributed by atoms with van der Waals surface area (Å²) < 4.78 is 26.4. The van der Waals surface area contributed by atoms with Crippen LogP contribution in [0.1, 0.15) is 25.5 Å². The molecule has 0 aromatic carbocycles. The zero-order valence-corrected chi connectivity index (χ0v) is 13.6. The molecule has 1 aliphatic heterocycles. The van der Waals surface area contributed by atoms with E-state index in [0.717, 1.165) is 0 Å². The van der Waals surface area contributed by atoms with Gasteiger partial charge >= 0.3 is 4.87 Å². The summed E-state index contributed by atoms with van der Waals surface area (Å²) >= 11 is 0.710. The SMILES string of the molecule is CCNC(=O)C1CCN(S(=O)(=O)c2sc(=O)[nH]c2C)CC1. The Bertz CT molecular complexity index is 669. The summed E-state index contributed by atoms with van der Waals surface area (Å²) in [5.41, 5.74) is 0.371. The maximum atomic E-state index is 12.5. The number of nitrogens with one attached hydrogen (secondary N) is 2. The maximum Gasteiger partial charge on any atom is 0.305 e. The van der Waals surface area contributed by atoms with E-state index in [1.165, 1.54) is 4.31 Å². The molecule has 0 saturated carbocycles. The van der Waals surface area contributed by atoms with Gasteiger partial charge in [0, 0.05) is 31.2 Å². The summed E-state index contributed by atoms with van der Waals surface area (Å²) in [5, 5.41) is 2.76. The van der Waals surface area contributed by atoms with Crippen LogP contribution in [-0.4, -0.2) is 43.2 Å². The standard InChI is InChI=1S/C12H19N3O4S2/c1-3-13-10(16)9-4-6-15(7-5-9)21(18,19)11-8(2)14-12(17)20-11/h9H,3-7H2,1-2H3,(H,13,16)(H,14,17). The third-order valence-electron chi connectivity index (χ3n) is 3.53. The number of piperidine rings is 1. The van der Waals surface area contributed by atoms with Crippen LogP contribution >= 0.6 is 11.3 Å². The Hall–Kier alpha value is -1.19. The van der Waals surface area contributed by atoms with E-state index in [1.807, 2.05) is 6.92 Å². The molecule has 0 spiro atoms. The van der Waals surface area contributed by atoms with E-state index in [-0.39, 0.29) is 20.9 Å². The van der Waals surface area contributed by atoms with Gasteiger partial charge in [0.15, 0.2) is 4.21 Å². The van der Waals surface area contributed by atoms with Crippen molar-refractivity contribution >= 4 is 27.3 Å². The van der Waals surface area contributed by atoms with E-state index >= 15 is 0 Å². The number of H-pyrrole nitrogens is 1. The second-order valence-electron chi connectivity index (χ2n) is 5.00. The van der Waals surface area contributed by atoms with Crippen molar-refractivity contribution in [3.8, 4) is 0 Å². The first-order chi connectivity index (χ1) is 9.86. The molecule has 1 aliphatic rings. The number of sulfonamides is 1. The van der Waals surface area contributed by atoms with E-state index in [1.54, 1.807) is 6.92 Å². The van der Waals surface area contributed by atoms with Gasteiger partial charge in [-0.15, -0.1) is 0 Å². The number of hydrogen-bond donors (Lipinski definition) is 2. The van der Waals surface area contributed by atoms with Gasteiger partial charge in [-0.2, -0.15) is 4.31 Å². The molecule has 1 aromatic rings. The highest BCUT2D eigenvalue weighted by Gasteiger charge is 2.33. The average Bonchev–Trinajstić information content (AvgIpc) is 2.79. The van der Waals surface area contributed by atoms with Gasteiger partial charge in [0.1, 0.15) is 0 Å². The number of aryl methyl sites for hydroxylation is 1. The van der Waals surface area contributed by atoms with Crippen molar-refractivity contribution in [2.75, 3.05) is 19.6 Å². The predicted octanol–water partition coefficient (Wildman–Crippen LogP) is 0.282. The van der Waals surface area contributed by atoms with Crippen molar-refractivity contribution < 1.29 is 13.2 Å². The van der Waals surface area contributed by atoms with Crippen molar-refractivity contribution in [2.24, 2.45) is 5.92 Å². The van der Waals surface area contributed by atoms with Crippen LogP contribution < -0.4 is 10.2 Å². The number of nitrogens with zero attached hydrogens (tertiary/aromatic N) is 1. The zero-order valence-electron chi connectivity index (χ0n) is 12.0. The molecule has 1 aromatic heterocycles. The Balaban J connectivity index is 2.10. The first kappa shape index (κ1) is 16.2. The van der Waals surface area contributed by atoms with Crippen molar-refractivity contribution in [3.63, 3.8) is 0 Å². The number of aromatic nitrogens is 1. The number of thiazole rings is 1. The van der Waals surface area contributed by atoms with E-state index in [4.69, 9.17) is 0 Å². The Morgan fingerprint density at radius 2 is 2.05 bits per heavy atom. The molecule has 7 nitrogen and oxygen atoms in total. The minimum absolute atomic E-state index is 0.0166. The first-order valence-corrected chi connectivity index (χ1v) is 9.09. The van der Waals surface area contributed by atoms with Gasteiger partial charge in [-0.25, -0.2) is 8.42 Å². The molecule has 21 heavy (non-hydrogen) atoms. The number of carbonyl (C=O) groups excluding carboxylic acids is 1. The van der Waals surface area contributed by atoms with Gasteiger partial charge in [0.2, 0.25) is 5.91 Å². The quantitative estimate of drug-likeness (QED) is 0.827. The number of carbonyl (C=O) groups is 1.